The van der Waals surface area contributed by atoms with E-state index in [0.29, 0.717) is 5.92 Å². The zero-order chi connectivity index (χ0) is 14.3. The van der Waals surface area contributed by atoms with Gasteiger partial charge in [0.15, 0.2) is 0 Å². The summed E-state index contributed by atoms with van der Waals surface area (Å²) >= 11 is 0. The summed E-state index contributed by atoms with van der Waals surface area (Å²) in [7, 11) is 0. The van der Waals surface area contributed by atoms with Crippen LogP contribution in [0.25, 0.3) is 5.76 Å². The van der Waals surface area contributed by atoms with Gasteiger partial charge in [-0.25, -0.2) is 6.08 Å². The second kappa shape index (κ2) is 5.97. The number of nitrogens with zero attached hydrogens (tertiary/aromatic N) is 1. The molecule has 1 aromatic heterocycles. The largest absolute Gasteiger partial charge is 0.525 e. The molecular formula is C17H24NORh-. The standard InChI is InChI=1S/C17H24NO.Rh/c1-7-12(2)13-8-9-18-14(10-13)15-11-16(3,4)17(5,6)19-15;/h8-10,12H,7H2,1-6H3;/q-1;. The fourth-order valence-electron chi connectivity index (χ4n) is 2.07. The first-order valence-corrected chi connectivity index (χ1v) is 7.07. The summed E-state index contributed by atoms with van der Waals surface area (Å²) < 4.78 is 6.06. The molecule has 1 aliphatic rings. The van der Waals surface area contributed by atoms with Crippen LogP contribution in [0.5, 0.6) is 0 Å². The molecule has 1 radical (unpaired) electrons. The van der Waals surface area contributed by atoms with Crippen molar-refractivity contribution in [3.63, 3.8) is 0 Å². The van der Waals surface area contributed by atoms with Gasteiger partial charge in [-0.2, -0.15) is 0 Å². The second-order valence-electron chi connectivity index (χ2n) is 6.48. The molecule has 0 aromatic carbocycles. The third-order valence-electron chi connectivity index (χ3n) is 4.49. The third kappa shape index (κ3) is 3.14. The van der Waals surface area contributed by atoms with E-state index in [-0.39, 0.29) is 30.5 Å². The van der Waals surface area contributed by atoms with Gasteiger partial charge in [0.25, 0.3) is 0 Å². The normalized spacial score (nSPS) is 20.6. The van der Waals surface area contributed by atoms with Gasteiger partial charge in [0.1, 0.15) is 0 Å². The molecule has 2 rings (SSSR count). The van der Waals surface area contributed by atoms with Gasteiger partial charge in [-0.3, -0.25) is 0 Å². The van der Waals surface area contributed by atoms with Gasteiger partial charge < -0.3 is 9.72 Å². The minimum absolute atomic E-state index is 0. The van der Waals surface area contributed by atoms with E-state index in [4.69, 9.17) is 4.74 Å². The van der Waals surface area contributed by atoms with Gasteiger partial charge in [0.2, 0.25) is 0 Å². The van der Waals surface area contributed by atoms with E-state index in [1.54, 1.807) is 0 Å². The molecule has 0 aliphatic carbocycles. The molecule has 0 saturated carbocycles. The van der Waals surface area contributed by atoms with E-state index in [9.17, 15) is 0 Å². The van der Waals surface area contributed by atoms with Gasteiger partial charge in [0.05, 0.1) is 5.60 Å². The molecule has 0 fully saturated rings. The average molecular weight is 361 g/mol. The monoisotopic (exact) mass is 361 g/mol. The van der Waals surface area contributed by atoms with Crippen LogP contribution in [-0.2, 0) is 24.2 Å². The van der Waals surface area contributed by atoms with E-state index in [2.05, 4.69) is 64.7 Å². The van der Waals surface area contributed by atoms with Crippen LogP contribution >= 0.6 is 0 Å². The Kier molecular flexibility index (Phi) is 5.19. The fraction of sp³-hybridized carbons (Fsp3) is 0.588. The molecule has 1 unspecified atom stereocenters. The summed E-state index contributed by atoms with van der Waals surface area (Å²) in [4.78, 5) is 4.44. The summed E-state index contributed by atoms with van der Waals surface area (Å²) in [5, 5.41) is 0. The van der Waals surface area contributed by atoms with E-state index >= 15 is 0 Å². The van der Waals surface area contributed by atoms with Gasteiger partial charge in [-0.15, -0.1) is 6.07 Å². The Hall–Kier alpha value is -0.687. The van der Waals surface area contributed by atoms with Crippen LogP contribution in [0.4, 0.5) is 0 Å². The first kappa shape index (κ1) is 17.4. The molecule has 20 heavy (non-hydrogen) atoms. The molecule has 2 nitrogen and oxygen atoms in total. The minimum Gasteiger partial charge on any atom is -0.525 e. The summed E-state index contributed by atoms with van der Waals surface area (Å²) in [6.07, 6.45) is 6.45. The molecule has 3 heteroatoms. The van der Waals surface area contributed by atoms with Crippen molar-refractivity contribution in [2.24, 2.45) is 5.41 Å². The molecule has 0 spiro atoms. The zero-order valence-corrected chi connectivity index (χ0v) is 14.8. The molecule has 1 aromatic rings. The van der Waals surface area contributed by atoms with E-state index < -0.39 is 0 Å². The maximum Gasteiger partial charge on any atom is 0.0917 e. The fourth-order valence-corrected chi connectivity index (χ4v) is 2.07. The van der Waals surface area contributed by atoms with Crippen molar-refractivity contribution in [2.45, 2.75) is 59.5 Å². The van der Waals surface area contributed by atoms with Gasteiger partial charge in [-0.05, 0) is 49.1 Å². The van der Waals surface area contributed by atoms with Crippen molar-refractivity contribution in [1.82, 2.24) is 4.98 Å². The van der Waals surface area contributed by atoms with Gasteiger partial charge >= 0.3 is 0 Å². The Morgan fingerprint density at radius 3 is 2.45 bits per heavy atom. The molecule has 2 heterocycles. The number of hydrogen-bond donors (Lipinski definition) is 0. The zero-order valence-electron chi connectivity index (χ0n) is 13.2. The van der Waals surface area contributed by atoms with Crippen molar-refractivity contribution >= 4 is 5.76 Å². The van der Waals surface area contributed by atoms with Crippen molar-refractivity contribution in [2.75, 3.05) is 0 Å². The first-order chi connectivity index (χ1) is 8.77. The van der Waals surface area contributed by atoms with E-state index in [1.807, 2.05) is 6.20 Å². The molecular weight excluding hydrogens is 337 g/mol. The number of ether oxygens (including phenoxy) is 1. The van der Waals surface area contributed by atoms with Gasteiger partial charge in [0, 0.05) is 25.7 Å². The first-order valence-electron chi connectivity index (χ1n) is 7.07. The molecule has 0 amide bonds. The number of rotatable bonds is 3. The Bertz CT molecular complexity index is 505. The molecule has 113 valence electrons. The Morgan fingerprint density at radius 2 is 1.95 bits per heavy atom. The SMILES string of the molecule is CCC(C)c1ccnc(C2=[C-]C(C)(C)C(C)(C)O2)c1.[Rh]. The van der Waals surface area contributed by atoms with Crippen LogP contribution in [0.15, 0.2) is 18.3 Å². The Morgan fingerprint density at radius 1 is 1.30 bits per heavy atom. The second-order valence-corrected chi connectivity index (χ2v) is 6.48. The average Bonchev–Trinajstić information content (AvgIpc) is 2.58. The molecule has 0 N–H and O–H groups in total. The molecule has 0 saturated heterocycles. The van der Waals surface area contributed by atoms with Crippen LogP contribution in [-0.4, -0.2) is 10.6 Å². The number of aromatic nitrogens is 1. The summed E-state index contributed by atoms with van der Waals surface area (Å²) in [5.74, 6) is 1.34. The van der Waals surface area contributed by atoms with Crippen molar-refractivity contribution in [3.05, 3.63) is 35.7 Å². The van der Waals surface area contributed by atoms with E-state index in [0.717, 1.165) is 17.9 Å². The van der Waals surface area contributed by atoms with Gasteiger partial charge in [-0.1, -0.05) is 33.3 Å². The quantitative estimate of drug-likeness (QED) is 0.581. The van der Waals surface area contributed by atoms with Crippen LogP contribution in [0.2, 0.25) is 0 Å². The Labute approximate surface area is 135 Å². The summed E-state index contributed by atoms with van der Waals surface area (Å²) in [5.41, 5.74) is 1.87. The van der Waals surface area contributed by atoms with Crippen LogP contribution in [0.3, 0.4) is 0 Å². The Balaban J connectivity index is 0.00000200. The maximum atomic E-state index is 6.06. The summed E-state index contributed by atoms with van der Waals surface area (Å²) in [6, 6.07) is 4.22. The topological polar surface area (TPSA) is 22.1 Å². The van der Waals surface area contributed by atoms with Crippen LogP contribution < -0.4 is 0 Å². The maximum absolute atomic E-state index is 6.06. The van der Waals surface area contributed by atoms with Crippen molar-refractivity contribution < 1.29 is 24.2 Å². The predicted octanol–water partition coefficient (Wildman–Crippen LogP) is 4.57. The molecule has 1 aliphatic heterocycles. The minimum atomic E-state index is -0.240. The number of pyridine rings is 1. The molecule has 1 atom stereocenters. The predicted molar refractivity (Wildman–Crippen MR) is 78.5 cm³/mol. The smallest absolute Gasteiger partial charge is 0.0917 e. The van der Waals surface area contributed by atoms with Crippen LogP contribution in [0, 0.1) is 11.5 Å². The van der Waals surface area contributed by atoms with Crippen LogP contribution in [0.1, 0.15) is 65.1 Å². The molecule has 0 bridgehead atoms. The van der Waals surface area contributed by atoms with Crippen molar-refractivity contribution in [1.29, 1.82) is 0 Å². The third-order valence-corrected chi connectivity index (χ3v) is 4.49. The number of hydrogen-bond acceptors (Lipinski definition) is 2. The van der Waals surface area contributed by atoms with E-state index in [1.165, 1.54) is 5.56 Å². The van der Waals surface area contributed by atoms with Crippen molar-refractivity contribution in [3.8, 4) is 0 Å². The summed E-state index contributed by atoms with van der Waals surface area (Å²) in [6.45, 7) is 12.9.